The predicted octanol–water partition coefficient (Wildman–Crippen LogP) is 2.69. The second-order valence-corrected chi connectivity index (χ2v) is 7.30. The number of aryl methyl sites for hydroxylation is 1. The maximum Gasteiger partial charge on any atom is 0.274 e. The van der Waals surface area contributed by atoms with Crippen molar-refractivity contribution in [2.24, 2.45) is 0 Å². The van der Waals surface area contributed by atoms with Gasteiger partial charge in [-0.3, -0.25) is 14.6 Å². The lowest BCUT2D eigenvalue weighted by Crippen LogP contribution is -2.19. The van der Waals surface area contributed by atoms with Gasteiger partial charge in [0.05, 0.1) is 5.75 Å². The van der Waals surface area contributed by atoms with Crippen molar-refractivity contribution in [3.05, 3.63) is 87.3 Å². The molecule has 2 heterocycles. The van der Waals surface area contributed by atoms with E-state index in [0.29, 0.717) is 22.8 Å². The van der Waals surface area contributed by atoms with Crippen LogP contribution in [0.2, 0.25) is 0 Å². The van der Waals surface area contributed by atoms with Crippen LogP contribution in [0.3, 0.4) is 0 Å². The smallest absolute Gasteiger partial charge is 0.274 e. The Morgan fingerprint density at radius 1 is 1.07 bits per heavy atom. The van der Waals surface area contributed by atoms with Crippen LogP contribution in [0.5, 0.6) is 0 Å². The molecule has 0 amide bonds. The van der Waals surface area contributed by atoms with Gasteiger partial charge in [-0.25, -0.2) is 0 Å². The lowest BCUT2D eigenvalue weighted by molar-refractivity contribution is 0.102. The van der Waals surface area contributed by atoms with Crippen LogP contribution in [0.25, 0.3) is 5.78 Å². The van der Waals surface area contributed by atoms with Crippen molar-refractivity contribution < 1.29 is 4.79 Å². The summed E-state index contributed by atoms with van der Waals surface area (Å²) < 4.78 is 1.48. The SMILES string of the molecule is Cc1ccc(C(=O)CSc2nnc3[nH]c(=O)c(Cc4ccccc4)nn23)cc1. The van der Waals surface area contributed by atoms with E-state index in [-0.39, 0.29) is 22.9 Å². The number of hydrogen-bond donors (Lipinski definition) is 1. The maximum atomic E-state index is 12.4. The molecule has 0 atom stereocenters. The fraction of sp³-hybridized carbons (Fsp3) is 0.150. The molecule has 0 aliphatic heterocycles. The molecule has 0 aliphatic carbocycles. The number of hydrogen-bond acceptors (Lipinski definition) is 6. The number of carbonyl (C=O) groups is 1. The topological polar surface area (TPSA) is 93.0 Å². The molecule has 1 N–H and O–H groups in total. The normalized spacial score (nSPS) is 11.0. The van der Waals surface area contributed by atoms with E-state index in [0.717, 1.165) is 11.1 Å². The number of aromatic amines is 1. The Bertz CT molecular complexity index is 1180. The van der Waals surface area contributed by atoms with Gasteiger partial charge in [0, 0.05) is 12.0 Å². The Kier molecular flexibility index (Phi) is 5.03. The standard InChI is InChI=1S/C20H17N5O2S/c1-13-7-9-15(10-8-13)17(26)12-28-20-23-22-19-21-18(27)16(24-25(19)20)11-14-5-3-2-4-6-14/h2-10H,11-12H2,1H3,(H,21,22,27). The van der Waals surface area contributed by atoms with Gasteiger partial charge < -0.3 is 0 Å². The number of benzene rings is 2. The minimum atomic E-state index is -0.295. The molecule has 0 saturated carbocycles. The molecule has 140 valence electrons. The molecule has 7 nitrogen and oxygen atoms in total. The van der Waals surface area contributed by atoms with E-state index >= 15 is 0 Å². The van der Waals surface area contributed by atoms with Crippen LogP contribution in [0.15, 0.2) is 64.5 Å². The van der Waals surface area contributed by atoms with Gasteiger partial charge in [-0.1, -0.05) is 71.9 Å². The molecule has 8 heteroatoms. The number of aromatic nitrogens is 5. The van der Waals surface area contributed by atoms with Crippen LogP contribution in [-0.2, 0) is 6.42 Å². The molecule has 0 saturated heterocycles. The summed E-state index contributed by atoms with van der Waals surface area (Å²) in [5.74, 6) is 0.460. The second-order valence-electron chi connectivity index (χ2n) is 6.36. The highest BCUT2D eigenvalue weighted by Gasteiger charge is 2.14. The van der Waals surface area contributed by atoms with Crippen LogP contribution in [-0.4, -0.2) is 36.3 Å². The minimum absolute atomic E-state index is 0.00400. The van der Waals surface area contributed by atoms with E-state index in [9.17, 15) is 9.59 Å². The first-order valence-corrected chi connectivity index (χ1v) is 9.70. The zero-order valence-corrected chi connectivity index (χ0v) is 15.9. The third kappa shape index (κ3) is 3.86. The molecule has 0 fully saturated rings. The van der Waals surface area contributed by atoms with Crippen LogP contribution < -0.4 is 5.56 Å². The molecule has 2 aromatic heterocycles. The predicted molar refractivity (Wildman–Crippen MR) is 107 cm³/mol. The van der Waals surface area contributed by atoms with E-state index in [1.165, 1.54) is 16.3 Å². The van der Waals surface area contributed by atoms with Crippen molar-refractivity contribution in [2.75, 3.05) is 5.75 Å². The summed E-state index contributed by atoms with van der Waals surface area (Å²) in [4.78, 5) is 27.4. The molecule has 0 bridgehead atoms. The minimum Gasteiger partial charge on any atom is -0.293 e. The zero-order chi connectivity index (χ0) is 19.5. The first kappa shape index (κ1) is 18.1. The number of nitrogens with zero attached hydrogens (tertiary/aromatic N) is 4. The Hall–Kier alpha value is -3.26. The molecule has 2 aromatic carbocycles. The molecule has 0 unspecified atom stereocenters. The molecule has 28 heavy (non-hydrogen) atoms. The lowest BCUT2D eigenvalue weighted by Gasteiger charge is -2.03. The average molecular weight is 391 g/mol. The van der Waals surface area contributed by atoms with E-state index in [4.69, 9.17) is 0 Å². The van der Waals surface area contributed by atoms with Crippen molar-refractivity contribution in [1.82, 2.24) is 24.8 Å². The van der Waals surface area contributed by atoms with Crippen molar-refractivity contribution in [2.45, 2.75) is 18.5 Å². The number of H-pyrrole nitrogens is 1. The Balaban J connectivity index is 1.56. The highest BCUT2D eigenvalue weighted by atomic mass is 32.2. The Labute approximate surface area is 164 Å². The van der Waals surface area contributed by atoms with Gasteiger partial charge in [0.15, 0.2) is 5.78 Å². The number of ketones is 1. The van der Waals surface area contributed by atoms with Gasteiger partial charge in [-0.15, -0.1) is 10.2 Å². The van der Waals surface area contributed by atoms with Gasteiger partial charge in [0.1, 0.15) is 5.69 Å². The number of thioether (sulfide) groups is 1. The summed E-state index contributed by atoms with van der Waals surface area (Å²) in [6, 6.07) is 17.1. The number of nitrogens with one attached hydrogen (secondary N) is 1. The van der Waals surface area contributed by atoms with E-state index in [1.54, 1.807) is 0 Å². The van der Waals surface area contributed by atoms with E-state index in [2.05, 4.69) is 20.3 Å². The monoisotopic (exact) mass is 391 g/mol. The Morgan fingerprint density at radius 2 is 1.82 bits per heavy atom. The van der Waals surface area contributed by atoms with Crippen LogP contribution in [0.4, 0.5) is 0 Å². The summed E-state index contributed by atoms with van der Waals surface area (Å²) in [5, 5.41) is 12.9. The van der Waals surface area contributed by atoms with Crippen LogP contribution in [0, 0.1) is 6.92 Å². The average Bonchev–Trinajstić information content (AvgIpc) is 3.09. The number of carbonyl (C=O) groups excluding carboxylic acids is 1. The summed E-state index contributed by atoms with van der Waals surface area (Å²) in [7, 11) is 0. The first-order valence-electron chi connectivity index (χ1n) is 8.71. The van der Waals surface area contributed by atoms with Crippen LogP contribution in [0.1, 0.15) is 27.2 Å². The summed E-state index contributed by atoms with van der Waals surface area (Å²) >= 11 is 1.24. The fourth-order valence-corrected chi connectivity index (χ4v) is 3.50. The van der Waals surface area contributed by atoms with Gasteiger partial charge in [-0.05, 0) is 12.5 Å². The van der Waals surface area contributed by atoms with Gasteiger partial charge in [-0.2, -0.15) is 9.61 Å². The van der Waals surface area contributed by atoms with Crippen molar-refractivity contribution >= 4 is 23.3 Å². The molecular weight excluding hydrogens is 374 g/mol. The van der Waals surface area contributed by atoms with E-state index in [1.807, 2.05) is 61.5 Å². The Morgan fingerprint density at radius 3 is 2.57 bits per heavy atom. The van der Waals surface area contributed by atoms with Gasteiger partial charge in [0.25, 0.3) is 11.3 Å². The number of rotatable bonds is 6. The van der Waals surface area contributed by atoms with Crippen molar-refractivity contribution in [3.8, 4) is 0 Å². The lowest BCUT2D eigenvalue weighted by atomic mass is 10.1. The van der Waals surface area contributed by atoms with Crippen molar-refractivity contribution in [1.29, 1.82) is 0 Å². The molecule has 4 rings (SSSR count). The summed E-state index contributed by atoms with van der Waals surface area (Å²) in [6.07, 6.45) is 0.400. The highest BCUT2D eigenvalue weighted by Crippen LogP contribution is 2.17. The zero-order valence-electron chi connectivity index (χ0n) is 15.1. The number of Topliss-reactive ketones (excluding diaryl/α,β-unsaturated/α-hetero) is 1. The second kappa shape index (κ2) is 7.77. The fourth-order valence-electron chi connectivity index (χ4n) is 2.72. The number of fused-ring (bicyclic) bond motifs is 1. The molecular formula is C20H17N5O2S. The van der Waals surface area contributed by atoms with Crippen LogP contribution >= 0.6 is 11.8 Å². The van der Waals surface area contributed by atoms with Crippen molar-refractivity contribution in [3.63, 3.8) is 0 Å². The third-order valence-electron chi connectivity index (χ3n) is 4.24. The van der Waals surface area contributed by atoms with Gasteiger partial charge >= 0.3 is 0 Å². The molecule has 0 aliphatic rings. The molecule has 0 spiro atoms. The maximum absolute atomic E-state index is 12.4. The van der Waals surface area contributed by atoms with Gasteiger partial charge in [0.2, 0.25) is 5.16 Å². The summed E-state index contributed by atoms with van der Waals surface area (Å²) in [5.41, 5.74) is 2.81. The first-order chi connectivity index (χ1) is 13.6. The summed E-state index contributed by atoms with van der Waals surface area (Å²) in [6.45, 7) is 1.98. The highest BCUT2D eigenvalue weighted by molar-refractivity contribution is 7.99. The largest absolute Gasteiger partial charge is 0.293 e. The third-order valence-corrected chi connectivity index (χ3v) is 5.16. The molecule has 4 aromatic rings. The quantitative estimate of drug-likeness (QED) is 0.401. The van der Waals surface area contributed by atoms with E-state index < -0.39 is 0 Å². The molecule has 0 radical (unpaired) electrons.